The van der Waals surface area contributed by atoms with Gasteiger partial charge in [-0.3, -0.25) is 0 Å². The van der Waals surface area contributed by atoms with E-state index in [2.05, 4.69) is 0 Å². The first-order chi connectivity index (χ1) is 44.0. The van der Waals surface area contributed by atoms with Crippen molar-refractivity contribution in [2.45, 2.75) is 0 Å². The van der Waals surface area contributed by atoms with Gasteiger partial charge in [0.2, 0.25) is 0 Å². The van der Waals surface area contributed by atoms with E-state index in [4.69, 9.17) is 30.6 Å². The summed E-state index contributed by atoms with van der Waals surface area (Å²) in [6.45, 7) is 0. The van der Waals surface area contributed by atoms with Crippen LogP contribution in [0.4, 0.5) is 0 Å². The molecule has 33 heteroatoms. The summed E-state index contributed by atoms with van der Waals surface area (Å²) >= 11 is 0. The molecule has 0 N–H and O–H groups in total. The molecule has 0 unspecified atom stereocenters. The summed E-state index contributed by atoms with van der Waals surface area (Å²) in [4.78, 5) is 16.5. The van der Waals surface area contributed by atoms with E-state index in [1.54, 1.807) is 146 Å². The molecular formula is C60H48N14O18Zn. The van der Waals surface area contributed by atoms with Gasteiger partial charge in [0.05, 0.1) is 10.2 Å². The molecule has 12 aromatic heterocycles. The van der Waals surface area contributed by atoms with E-state index >= 15 is 0 Å². The van der Waals surface area contributed by atoms with Crippen molar-refractivity contribution in [3.05, 3.63) is 387 Å². The number of hydrogen-bond donors (Lipinski definition) is 0. The van der Waals surface area contributed by atoms with Gasteiger partial charge in [0.1, 0.15) is 0 Å². The average Bonchev–Trinajstić information content (AvgIpc) is 2.11. The second kappa shape index (κ2) is 37.2. The molecule has 0 spiro atoms. The summed E-state index contributed by atoms with van der Waals surface area (Å²) < 4.78 is 8.67. The minimum atomic E-state index is -1.75. The maximum Gasteiger partial charge on any atom is 2.00 e. The van der Waals surface area contributed by atoms with Gasteiger partial charge in [0.15, 0.2) is 149 Å². The molecule has 12 aromatic rings. The SMILES string of the molecule is O=[N+]([O-])[O-].O=[N+]([O-])[O-].[O-][n+]1ccc(-c2cc[n+]([O-])cc2)cc1.[O-][n+]1ccc(-c2cc[n+]([O-])cc2)cc1.[O-][n+]1ccc(-c2cc[n+]([O-])cc2)cc1.[O-][n+]1ccc(-c2cc[n+]([O-])cc2)cc1.[O-][n+]1ccc(-c2cc[n+]([O-])cc2)cc1.[O-][n+]1ccc(-c2cc[n+]([O-])cc2)cc1.[Zn+2]. The summed E-state index contributed by atoms with van der Waals surface area (Å²) in [5, 5.41) is 159. The number of nitrogens with zero attached hydrogens (tertiary/aromatic N) is 14. The normalized spacial score (nSPS) is 9.55. The van der Waals surface area contributed by atoms with Crippen LogP contribution in [0.3, 0.4) is 0 Å². The third-order valence-corrected chi connectivity index (χ3v) is 11.6. The minimum Gasteiger partial charge on any atom is -0.619 e. The first kappa shape index (κ1) is 71.9. The molecule has 468 valence electrons. The van der Waals surface area contributed by atoms with Crippen molar-refractivity contribution >= 4 is 0 Å². The van der Waals surface area contributed by atoms with Crippen LogP contribution in [0.1, 0.15) is 0 Å². The Morgan fingerprint density at radius 1 is 0.161 bits per heavy atom. The Labute approximate surface area is 538 Å². The van der Waals surface area contributed by atoms with Gasteiger partial charge < -0.3 is 93.1 Å². The maximum atomic E-state index is 10.8. The van der Waals surface area contributed by atoms with Gasteiger partial charge in [-0.05, 0) is 66.8 Å². The largest absolute Gasteiger partial charge is 2.00 e. The van der Waals surface area contributed by atoms with Crippen LogP contribution in [-0.4, -0.2) is 10.2 Å². The van der Waals surface area contributed by atoms with E-state index in [-0.39, 0.29) is 19.5 Å². The van der Waals surface area contributed by atoms with Crippen molar-refractivity contribution in [2.75, 3.05) is 0 Å². The fourth-order valence-electron chi connectivity index (χ4n) is 7.26. The summed E-state index contributed by atoms with van der Waals surface area (Å²) in [6, 6.07) is 40.9. The van der Waals surface area contributed by atoms with Crippen molar-refractivity contribution in [1.29, 1.82) is 0 Å². The van der Waals surface area contributed by atoms with E-state index in [9.17, 15) is 62.5 Å². The van der Waals surface area contributed by atoms with Crippen molar-refractivity contribution < 1.29 is 86.4 Å². The van der Waals surface area contributed by atoms with E-state index < -0.39 is 10.2 Å². The first-order valence-electron chi connectivity index (χ1n) is 25.9. The molecule has 0 aliphatic heterocycles. The summed E-state index contributed by atoms with van der Waals surface area (Å²) in [6.07, 6.45) is 34.2. The van der Waals surface area contributed by atoms with Crippen LogP contribution in [0.5, 0.6) is 0 Å². The van der Waals surface area contributed by atoms with Crippen LogP contribution in [0.2, 0.25) is 0 Å². The number of aromatic nitrogens is 12. The molecule has 0 fully saturated rings. The predicted octanol–water partition coefficient (Wildman–Crippen LogP) is 3.24. The second-order valence-corrected chi connectivity index (χ2v) is 17.8. The molecule has 32 nitrogen and oxygen atoms in total. The minimum absolute atomic E-state index is 0. The molecule has 12 rings (SSSR count). The molecule has 93 heavy (non-hydrogen) atoms. The van der Waals surface area contributed by atoms with Crippen molar-refractivity contribution in [1.82, 2.24) is 0 Å². The Bertz CT molecular complexity index is 3180. The van der Waals surface area contributed by atoms with Crippen LogP contribution in [0.15, 0.2) is 294 Å². The molecule has 0 saturated carbocycles. The van der Waals surface area contributed by atoms with E-state index in [0.717, 1.165) is 124 Å². The van der Waals surface area contributed by atoms with Gasteiger partial charge >= 0.3 is 19.5 Å². The zero-order chi connectivity index (χ0) is 67.0. The number of hydrogen-bond acceptors (Lipinski definition) is 18. The van der Waals surface area contributed by atoms with Crippen LogP contribution in [0, 0.1) is 93.1 Å². The maximum absolute atomic E-state index is 10.8. The molecular weight excluding hydrogens is 1270 g/mol. The Balaban J connectivity index is 0.000000232. The smallest absolute Gasteiger partial charge is 0.619 e. The van der Waals surface area contributed by atoms with Crippen LogP contribution in [-0.2, 0) is 19.5 Å². The molecule has 0 aliphatic carbocycles. The van der Waals surface area contributed by atoms with E-state index in [0.29, 0.717) is 0 Å². The van der Waals surface area contributed by atoms with Gasteiger partial charge in [0, 0.05) is 146 Å². The molecule has 0 radical (unpaired) electrons. The van der Waals surface area contributed by atoms with E-state index in [1.807, 2.05) is 0 Å². The van der Waals surface area contributed by atoms with Crippen molar-refractivity contribution in [3.8, 4) is 66.8 Å². The van der Waals surface area contributed by atoms with Crippen LogP contribution >= 0.6 is 0 Å². The molecule has 12 heterocycles. The predicted molar refractivity (Wildman–Crippen MR) is 320 cm³/mol. The molecule has 0 aliphatic rings. The Kier molecular flexibility index (Phi) is 28.8. The zero-order valence-electron chi connectivity index (χ0n) is 48.0. The van der Waals surface area contributed by atoms with Gasteiger partial charge in [-0.15, -0.1) is 0 Å². The summed E-state index contributed by atoms with van der Waals surface area (Å²) in [5.74, 6) is 0. The topological polar surface area (TPSA) is 456 Å². The van der Waals surface area contributed by atoms with Gasteiger partial charge in [-0.1, -0.05) is 0 Å². The monoisotopic (exact) mass is 1320 g/mol. The summed E-state index contributed by atoms with van der Waals surface area (Å²) in [7, 11) is 0. The molecule has 0 saturated heterocycles. The van der Waals surface area contributed by atoms with Crippen LogP contribution < -0.4 is 56.8 Å². The molecule has 0 aromatic carbocycles. The van der Waals surface area contributed by atoms with E-state index in [1.165, 1.54) is 149 Å². The molecule has 0 amide bonds. The zero-order valence-corrected chi connectivity index (χ0v) is 51.0. The van der Waals surface area contributed by atoms with Gasteiger partial charge in [-0.25, -0.2) is 0 Å². The Hall–Kier alpha value is -13.6. The first-order valence-corrected chi connectivity index (χ1v) is 25.9. The van der Waals surface area contributed by atoms with Gasteiger partial charge in [-0.2, -0.15) is 56.8 Å². The molecule has 0 bridgehead atoms. The van der Waals surface area contributed by atoms with Crippen molar-refractivity contribution in [2.24, 2.45) is 0 Å². The Morgan fingerprint density at radius 3 is 0.247 bits per heavy atom. The standard InChI is InChI=1S/6C10H8N2O2.2NO3.Zn/c6*13-11-5-1-9(2-6-11)10-3-7-12(14)8-4-10;2*2-1(3)4;/h6*1-8H;;;/q;;;;;;2*-1;+2. The van der Waals surface area contributed by atoms with Crippen LogP contribution in [0.25, 0.3) is 66.8 Å². The summed E-state index contributed by atoms with van der Waals surface area (Å²) in [5.41, 5.74) is 11.0. The number of rotatable bonds is 6. The quantitative estimate of drug-likeness (QED) is 0.0758. The average molecular weight is 1320 g/mol. The van der Waals surface area contributed by atoms with Gasteiger partial charge in [0.25, 0.3) is 0 Å². The third kappa shape index (κ3) is 26.9. The Morgan fingerprint density at radius 2 is 0.204 bits per heavy atom. The van der Waals surface area contributed by atoms with Crippen molar-refractivity contribution in [3.63, 3.8) is 0 Å². The second-order valence-electron chi connectivity index (χ2n) is 17.8. The fourth-order valence-corrected chi connectivity index (χ4v) is 7.26. The fraction of sp³-hybridized carbons (Fsp3) is 0. The molecule has 0 atom stereocenters. The third-order valence-electron chi connectivity index (χ3n) is 11.6. The number of pyridine rings is 12.